The molecule has 3 N–H and O–H groups in total. The Balaban J connectivity index is 2.65. The van der Waals surface area contributed by atoms with Gasteiger partial charge in [0.2, 0.25) is 0 Å². The smallest absolute Gasteiger partial charge is 0.322 e. The van der Waals surface area contributed by atoms with Gasteiger partial charge < -0.3 is 15.6 Å². The van der Waals surface area contributed by atoms with E-state index in [1.807, 2.05) is 0 Å². The summed E-state index contributed by atoms with van der Waals surface area (Å²) in [5.74, 6) is -0.541. The van der Waals surface area contributed by atoms with Crippen molar-refractivity contribution in [2.24, 2.45) is 5.73 Å². The van der Waals surface area contributed by atoms with Gasteiger partial charge in [-0.25, -0.2) is 0 Å². The number of carbonyl (C=O) groups is 1. The van der Waals surface area contributed by atoms with Crippen LogP contribution in [0.5, 0.6) is 0 Å². The number of carbonyl (C=O) groups excluding carboxylic acids is 1. The lowest BCUT2D eigenvalue weighted by molar-refractivity contribution is -0.142. The maximum absolute atomic E-state index is 11.1. The molecule has 0 aromatic heterocycles. The van der Waals surface area contributed by atoms with Crippen molar-refractivity contribution in [2.45, 2.75) is 18.6 Å². The monoisotopic (exact) mass is 243 g/mol. The second-order valence-electron chi connectivity index (χ2n) is 3.44. The Hall–Kier alpha value is -1.10. The normalized spacial score (nSPS) is 14.2. The van der Waals surface area contributed by atoms with Gasteiger partial charge in [0.05, 0.1) is 13.2 Å². The van der Waals surface area contributed by atoms with Crippen LogP contribution in [0.1, 0.15) is 18.1 Å². The number of benzene rings is 1. The number of esters is 1. The third-order valence-corrected chi connectivity index (χ3v) is 2.45. The molecule has 0 spiro atoms. The average Bonchev–Trinajstić information content (AvgIpc) is 2.27. The molecule has 1 aromatic rings. The van der Waals surface area contributed by atoms with Gasteiger partial charge in [-0.1, -0.05) is 23.7 Å². The van der Waals surface area contributed by atoms with E-state index in [4.69, 9.17) is 17.3 Å². The van der Waals surface area contributed by atoms with E-state index >= 15 is 0 Å². The van der Waals surface area contributed by atoms with Gasteiger partial charge in [0.1, 0.15) is 6.04 Å². The Morgan fingerprint density at radius 3 is 2.88 bits per heavy atom. The number of rotatable bonds is 4. The van der Waals surface area contributed by atoms with Gasteiger partial charge in [0.15, 0.2) is 0 Å². The van der Waals surface area contributed by atoms with E-state index in [2.05, 4.69) is 4.74 Å². The number of aliphatic hydroxyl groups excluding tert-OH is 1. The highest BCUT2D eigenvalue weighted by Crippen LogP contribution is 2.21. The summed E-state index contributed by atoms with van der Waals surface area (Å²) in [6.45, 7) is 0. The Kier molecular flexibility index (Phi) is 4.73. The molecule has 2 atom stereocenters. The standard InChI is InChI=1S/C11H14ClNO3/c1-16-11(15)9(13)6-10(14)7-3-2-4-8(12)5-7/h2-5,9-10,14H,6,13H2,1H3. The number of halogens is 1. The van der Waals surface area contributed by atoms with Gasteiger partial charge in [-0.2, -0.15) is 0 Å². The fraction of sp³-hybridized carbons (Fsp3) is 0.364. The number of methoxy groups -OCH3 is 1. The minimum Gasteiger partial charge on any atom is -0.468 e. The number of hydrogen-bond acceptors (Lipinski definition) is 4. The van der Waals surface area contributed by atoms with E-state index < -0.39 is 18.1 Å². The summed E-state index contributed by atoms with van der Waals surface area (Å²) >= 11 is 5.78. The van der Waals surface area contributed by atoms with Gasteiger partial charge in [-0.3, -0.25) is 4.79 Å². The van der Waals surface area contributed by atoms with Crippen LogP contribution in [0.2, 0.25) is 5.02 Å². The first-order valence-corrected chi connectivity index (χ1v) is 5.19. The van der Waals surface area contributed by atoms with Crippen LogP contribution in [-0.2, 0) is 9.53 Å². The van der Waals surface area contributed by atoms with Gasteiger partial charge >= 0.3 is 5.97 Å². The zero-order chi connectivity index (χ0) is 12.1. The third kappa shape index (κ3) is 3.48. The molecule has 1 aromatic carbocycles. The molecule has 0 radical (unpaired) electrons. The second-order valence-corrected chi connectivity index (χ2v) is 3.87. The molecular formula is C11H14ClNO3. The van der Waals surface area contributed by atoms with Gasteiger partial charge in [-0.15, -0.1) is 0 Å². The number of nitrogens with two attached hydrogens (primary N) is 1. The predicted octanol–water partition coefficient (Wildman–Crippen LogP) is 1.26. The van der Waals surface area contributed by atoms with Gasteiger partial charge in [0, 0.05) is 11.4 Å². The Morgan fingerprint density at radius 2 is 2.31 bits per heavy atom. The third-order valence-electron chi connectivity index (χ3n) is 2.21. The van der Waals surface area contributed by atoms with Crippen molar-refractivity contribution in [2.75, 3.05) is 7.11 Å². The van der Waals surface area contributed by atoms with Crippen molar-refractivity contribution in [3.63, 3.8) is 0 Å². The molecule has 0 aliphatic rings. The predicted molar refractivity (Wildman–Crippen MR) is 61.0 cm³/mol. The topological polar surface area (TPSA) is 72.5 Å². The van der Waals surface area contributed by atoms with Crippen molar-refractivity contribution in [1.82, 2.24) is 0 Å². The Morgan fingerprint density at radius 1 is 1.62 bits per heavy atom. The van der Waals surface area contributed by atoms with E-state index in [0.717, 1.165) is 0 Å². The average molecular weight is 244 g/mol. The van der Waals surface area contributed by atoms with Crippen LogP contribution in [0.15, 0.2) is 24.3 Å². The summed E-state index contributed by atoms with van der Waals surface area (Å²) in [6.07, 6.45) is -0.722. The molecule has 0 fully saturated rings. The van der Waals surface area contributed by atoms with E-state index in [-0.39, 0.29) is 6.42 Å². The lowest BCUT2D eigenvalue weighted by Crippen LogP contribution is -2.33. The molecule has 0 aliphatic carbocycles. The Labute approximate surface area is 99.0 Å². The summed E-state index contributed by atoms with van der Waals surface area (Å²) in [4.78, 5) is 11.1. The molecule has 0 heterocycles. The first-order chi connectivity index (χ1) is 7.54. The molecule has 0 bridgehead atoms. The molecule has 5 heteroatoms. The van der Waals surface area contributed by atoms with E-state index in [9.17, 15) is 9.90 Å². The van der Waals surface area contributed by atoms with Crippen LogP contribution in [-0.4, -0.2) is 24.2 Å². The number of ether oxygens (including phenoxy) is 1. The lowest BCUT2D eigenvalue weighted by atomic mass is 10.0. The summed E-state index contributed by atoms with van der Waals surface area (Å²) in [7, 11) is 1.26. The number of hydrogen-bond donors (Lipinski definition) is 2. The molecule has 88 valence electrons. The molecular weight excluding hydrogens is 230 g/mol. The van der Waals surface area contributed by atoms with E-state index in [1.165, 1.54) is 7.11 Å². The first-order valence-electron chi connectivity index (χ1n) is 4.81. The summed E-state index contributed by atoms with van der Waals surface area (Å²) in [6, 6.07) is 5.96. The van der Waals surface area contributed by atoms with Crippen LogP contribution in [0.4, 0.5) is 0 Å². The zero-order valence-electron chi connectivity index (χ0n) is 8.89. The maximum atomic E-state index is 11.1. The molecule has 0 saturated heterocycles. The SMILES string of the molecule is COC(=O)C(N)CC(O)c1cccc(Cl)c1. The first kappa shape index (κ1) is 13.0. The Bertz CT molecular complexity index is 370. The highest BCUT2D eigenvalue weighted by Gasteiger charge is 2.19. The molecule has 0 amide bonds. The molecule has 2 unspecified atom stereocenters. The maximum Gasteiger partial charge on any atom is 0.322 e. The minimum atomic E-state index is -0.834. The van der Waals surface area contributed by atoms with Crippen molar-refractivity contribution in [3.8, 4) is 0 Å². The van der Waals surface area contributed by atoms with Crippen molar-refractivity contribution < 1.29 is 14.6 Å². The minimum absolute atomic E-state index is 0.104. The van der Waals surface area contributed by atoms with Gasteiger partial charge in [-0.05, 0) is 17.7 Å². The van der Waals surface area contributed by atoms with Crippen LogP contribution in [0, 0.1) is 0 Å². The molecule has 0 saturated carbocycles. The van der Waals surface area contributed by atoms with E-state index in [0.29, 0.717) is 10.6 Å². The fourth-order valence-electron chi connectivity index (χ4n) is 1.34. The number of aliphatic hydroxyl groups is 1. The molecule has 4 nitrogen and oxygen atoms in total. The van der Waals surface area contributed by atoms with Crippen LogP contribution < -0.4 is 5.73 Å². The zero-order valence-corrected chi connectivity index (χ0v) is 9.65. The van der Waals surface area contributed by atoms with Crippen molar-refractivity contribution in [3.05, 3.63) is 34.9 Å². The molecule has 1 rings (SSSR count). The molecule has 16 heavy (non-hydrogen) atoms. The van der Waals surface area contributed by atoms with Crippen LogP contribution in [0.25, 0.3) is 0 Å². The summed E-state index contributed by atoms with van der Waals surface area (Å²) < 4.78 is 4.47. The summed E-state index contributed by atoms with van der Waals surface area (Å²) in [5.41, 5.74) is 6.17. The van der Waals surface area contributed by atoms with Crippen molar-refractivity contribution >= 4 is 17.6 Å². The van der Waals surface area contributed by atoms with Crippen LogP contribution in [0.3, 0.4) is 0 Å². The highest BCUT2D eigenvalue weighted by molar-refractivity contribution is 6.30. The van der Waals surface area contributed by atoms with E-state index in [1.54, 1.807) is 24.3 Å². The highest BCUT2D eigenvalue weighted by atomic mass is 35.5. The lowest BCUT2D eigenvalue weighted by Gasteiger charge is -2.15. The van der Waals surface area contributed by atoms with Crippen LogP contribution >= 0.6 is 11.6 Å². The second kappa shape index (κ2) is 5.84. The summed E-state index contributed by atoms with van der Waals surface area (Å²) in [5, 5.41) is 10.3. The van der Waals surface area contributed by atoms with Gasteiger partial charge in [0.25, 0.3) is 0 Å². The fourth-order valence-corrected chi connectivity index (χ4v) is 1.54. The quantitative estimate of drug-likeness (QED) is 0.781. The largest absolute Gasteiger partial charge is 0.468 e. The van der Waals surface area contributed by atoms with Crippen molar-refractivity contribution in [1.29, 1.82) is 0 Å². The molecule has 0 aliphatic heterocycles.